The first-order chi connectivity index (χ1) is 14.8. The van der Waals surface area contributed by atoms with Crippen LogP contribution >= 0.6 is 11.3 Å². The molecule has 31 heavy (non-hydrogen) atoms. The maximum absolute atomic E-state index is 12.4. The normalized spacial score (nSPS) is 11.3. The average molecular weight is 458 g/mol. The third-order valence-electron chi connectivity index (χ3n) is 4.51. The van der Waals surface area contributed by atoms with Gasteiger partial charge in [-0.15, -0.1) is 11.3 Å². The van der Waals surface area contributed by atoms with Crippen LogP contribution in [0.2, 0.25) is 0 Å². The summed E-state index contributed by atoms with van der Waals surface area (Å²) in [5, 5.41) is 7.61. The molecule has 0 radical (unpaired) electrons. The second kappa shape index (κ2) is 9.86. The van der Waals surface area contributed by atoms with E-state index in [2.05, 4.69) is 10.6 Å². The minimum atomic E-state index is -3.54. The fourth-order valence-electron chi connectivity index (χ4n) is 2.75. The van der Waals surface area contributed by atoms with Gasteiger partial charge in [0.15, 0.2) is 0 Å². The summed E-state index contributed by atoms with van der Waals surface area (Å²) in [6, 6.07) is 16.7. The standard InChI is InChI=1S/C22H23N3O4S2/c1-25(2)31(28,29)20-11-7-17(8-12-20)22(27)24-18-9-5-16(6-10-18)14-21(26)23-15-19-4-3-13-30-19/h3-13H,14-15H2,1-2H3,(H,23,26)(H,24,27). The van der Waals surface area contributed by atoms with E-state index in [9.17, 15) is 18.0 Å². The van der Waals surface area contributed by atoms with Gasteiger partial charge in [-0.3, -0.25) is 9.59 Å². The highest BCUT2D eigenvalue weighted by Gasteiger charge is 2.17. The number of carbonyl (C=O) groups excluding carboxylic acids is 2. The number of amides is 2. The predicted molar refractivity (Wildman–Crippen MR) is 122 cm³/mol. The summed E-state index contributed by atoms with van der Waals surface area (Å²) in [7, 11) is -0.638. The fraction of sp³-hybridized carbons (Fsp3) is 0.182. The quantitative estimate of drug-likeness (QED) is 0.543. The molecule has 9 heteroatoms. The van der Waals surface area contributed by atoms with Crippen molar-refractivity contribution in [2.75, 3.05) is 19.4 Å². The Balaban J connectivity index is 1.55. The summed E-state index contributed by atoms with van der Waals surface area (Å²) < 4.78 is 25.3. The van der Waals surface area contributed by atoms with Crippen LogP contribution in [0.3, 0.4) is 0 Å². The van der Waals surface area contributed by atoms with Crippen molar-refractivity contribution in [3.8, 4) is 0 Å². The van der Waals surface area contributed by atoms with Crippen molar-refractivity contribution < 1.29 is 18.0 Å². The van der Waals surface area contributed by atoms with E-state index in [4.69, 9.17) is 0 Å². The molecule has 2 N–H and O–H groups in total. The van der Waals surface area contributed by atoms with Crippen molar-refractivity contribution in [3.05, 3.63) is 82.0 Å². The Hall–Kier alpha value is -3.01. The molecular formula is C22H23N3O4S2. The number of sulfonamides is 1. The van der Waals surface area contributed by atoms with Gasteiger partial charge in [-0.1, -0.05) is 18.2 Å². The van der Waals surface area contributed by atoms with Crippen LogP contribution in [0.5, 0.6) is 0 Å². The van der Waals surface area contributed by atoms with E-state index in [0.29, 0.717) is 17.8 Å². The van der Waals surface area contributed by atoms with Crippen molar-refractivity contribution in [1.29, 1.82) is 0 Å². The van der Waals surface area contributed by atoms with Gasteiger partial charge in [-0.05, 0) is 53.4 Å². The van der Waals surface area contributed by atoms with Crippen LogP contribution in [0.1, 0.15) is 20.8 Å². The molecule has 1 aromatic heterocycles. The lowest BCUT2D eigenvalue weighted by atomic mass is 10.1. The number of nitrogens with one attached hydrogen (secondary N) is 2. The minimum Gasteiger partial charge on any atom is -0.351 e. The molecule has 0 spiro atoms. The van der Waals surface area contributed by atoms with Gasteiger partial charge in [0, 0.05) is 30.2 Å². The van der Waals surface area contributed by atoms with Crippen LogP contribution in [-0.2, 0) is 27.8 Å². The fourth-order valence-corrected chi connectivity index (χ4v) is 4.29. The third kappa shape index (κ3) is 6.00. The van der Waals surface area contributed by atoms with Crippen LogP contribution in [-0.4, -0.2) is 38.6 Å². The Morgan fingerprint density at radius 2 is 1.65 bits per heavy atom. The molecule has 1 heterocycles. The zero-order valence-electron chi connectivity index (χ0n) is 17.2. The van der Waals surface area contributed by atoms with Gasteiger partial charge in [0.05, 0.1) is 17.9 Å². The molecule has 0 saturated carbocycles. The predicted octanol–water partition coefficient (Wildman–Crippen LogP) is 3.11. The lowest BCUT2D eigenvalue weighted by Crippen LogP contribution is -2.24. The monoisotopic (exact) mass is 457 g/mol. The van der Waals surface area contributed by atoms with Crippen LogP contribution in [0.4, 0.5) is 5.69 Å². The third-order valence-corrected chi connectivity index (χ3v) is 7.22. The number of hydrogen-bond donors (Lipinski definition) is 2. The summed E-state index contributed by atoms with van der Waals surface area (Å²) >= 11 is 1.59. The Morgan fingerprint density at radius 3 is 2.23 bits per heavy atom. The zero-order chi connectivity index (χ0) is 22.4. The first-order valence-corrected chi connectivity index (χ1v) is 11.8. The highest BCUT2D eigenvalue weighted by molar-refractivity contribution is 7.89. The van der Waals surface area contributed by atoms with Crippen LogP contribution in [0, 0.1) is 0 Å². The SMILES string of the molecule is CN(C)S(=O)(=O)c1ccc(C(=O)Nc2ccc(CC(=O)NCc3cccs3)cc2)cc1. The Labute approximate surface area is 185 Å². The van der Waals surface area contributed by atoms with Gasteiger partial charge in [0.25, 0.3) is 5.91 Å². The highest BCUT2D eigenvalue weighted by Crippen LogP contribution is 2.16. The average Bonchev–Trinajstić information content (AvgIpc) is 3.27. The molecule has 0 bridgehead atoms. The number of nitrogens with zero attached hydrogens (tertiary/aromatic N) is 1. The summed E-state index contributed by atoms with van der Waals surface area (Å²) in [5.41, 5.74) is 1.76. The van der Waals surface area contributed by atoms with Crippen molar-refractivity contribution in [3.63, 3.8) is 0 Å². The Bertz CT molecular complexity index is 1140. The molecule has 162 valence electrons. The molecule has 0 unspecified atom stereocenters. The number of anilines is 1. The van der Waals surface area contributed by atoms with E-state index < -0.39 is 10.0 Å². The molecule has 0 aliphatic carbocycles. The Kier molecular flexibility index (Phi) is 7.21. The lowest BCUT2D eigenvalue weighted by molar-refractivity contribution is -0.120. The van der Waals surface area contributed by atoms with E-state index in [1.165, 1.54) is 38.4 Å². The van der Waals surface area contributed by atoms with Crippen LogP contribution in [0.25, 0.3) is 0 Å². The van der Waals surface area contributed by atoms with Crippen molar-refractivity contribution in [2.24, 2.45) is 0 Å². The van der Waals surface area contributed by atoms with E-state index >= 15 is 0 Å². The molecule has 3 aromatic rings. The van der Waals surface area contributed by atoms with Crippen molar-refractivity contribution >= 4 is 38.9 Å². The molecule has 0 aliphatic rings. The van der Waals surface area contributed by atoms with Crippen LogP contribution in [0.15, 0.2) is 70.9 Å². The van der Waals surface area contributed by atoms with E-state index in [1.807, 2.05) is 17.5 Å². The number of rotatable bonds is 8. The first-order valence-electron chi connectivity index (χ1n) is 9.47. The summed E-state index contributed by atoms with van der Waals surface area (Å²) in [6.07, 6.45) is 0.251. The van der Waals surface area contributed by atoms with Crippen molar-refractivity contribution in [1.82, 2.24) is 9.62 Å². The van der Waals surface area contributed by atoms with Gasteiger partial charge in [0.1, 0.15) is 0 Å². The van der Waals surface area contributed by atoms with E-state index in [1.54, 1.807) is 35.6 Å². The summed E-state index contributed by atoms with van der Waals surface area (Å²) in [6.45, 7) is 0.513. The molecule has 0 atom stereocenters. The number of hydrogen-bond acceptors (Lipinski definition) is 5. The van der Waals surface area contributed by atoms with E-state index in [-0.39, 0.29) is 23.1 Å². The first kappa shape index (κ1) is 22.7. The molecule has 3 rings (SSSR count). The van der Waals surface area contributed by atoms with Gasteiger partial charge in [0.2, 0.25) is 15.9 Å². The van der Waals surface area contributed by atoms with Gasteiger partial charge < -0.3 is 10.6 Å². The minimum absolute atomic E-state index is 0.0713. The molecule has 2 amide bonds. The molecule has 0 saturated heterocycles. The zero-order valence-corrected chi connectivity index (χ0v) is 18.8. The molecule has 0 fully saturated rings. The number of benzene rings is 2. The molecular weight excluding hydrogens is 434 g/mol. The summed E-state index contributed by atoms with van der Waals surface area (Å²) in [4.78, 5) is 25.7. The molecule has 0 aliphatic heterocycles. The van der Waals surface area contributed by atoms with E-state index in [0.717, 1.165) is 14.7 Å². The smallest absolute Gasteiger partial charge is 0.255 e. The highest BCUT2D eigenvalue weighted by atomic mass is 32.2. The maximum Gasteiger partial charge on any atom is 0.255 e. The lowest BCUT2D eigenvalue weighted by Gasteiger charge is -2.12. The number of carbonyl (C=O) groups is 2. The second-order valence-corrected chi connectivity index (χ2v) is 10.2. The maximum atomic E-state index is 12.4. The van der Waals surface area contributed by atoms with Gasteiger partial charge >= 0.3 is 0 Å². The largest absolute Gasteiger partial charge is 0.351 e. The molecule has 7 nitrogen and oxygen atoms in total. The Morgan fingerprint density at radius 1 is 0.968 bits per heavy atom. The summed E-state index contributed by atoms with van der Waals surface area (Å²) in [5.74, 6) is -0.423. The van der Waals surface area contributed by atoms with Crippen LogP contribution < -0.4 is 10.6 Å². The van der Waals surface area contributed by atoms with Gasteiger partial charge in [-0.2, -0.15) is 0 Å². The van der Waals surface area contributed by atoms with Gasteiger partial charge in [-0.25, -0.2) is 12.7 Å². The molecule has 2 aromatic carbocycles. The number of thiophene rings is 1. The van der Waals surface area contributed by atoms with Crippen molar-refractivity contribution in [2.45, 2.75) is 17.9 Å². The topological polar surface area (TPSA) is 95.6 Å². The second-order valence-electron chi connectivity index (χ2n) is 7.00.